The molecular formula is C16H20N2O2. The summed E-state index contributed by atoms with van der Waals surface area (Å²) in [4.78, 5) is 6.82. The largest absolute Gasteiger partial charge is 0.461 e. The Hall–Kier alpha value is -1.81. The fourth-order valence-electron chi connectivity index (χ4n) is 2.72. The fourth-order valence-corrected chi connectivity index (χ4v) is 2.72. The minimum absolute atomic E-state index is 0.397. The molecule has 0 N–H and O–H groups in total. The molecule has 0 radical (unpaired) electrons. The molecule has 2 heterocycles. The van der Waals surface area contributed by atoms with Crippen molar-refractivity contribution in [3.05, 3.63) is 36.1 Å². The number of furan rings is 1. The van der Waals surface area contributed by atoms with Crippen LogP contribution in [0.4, 0.5) is 0 Å². The standard InChI is InChI=1S/C16H20N2O2/c1-18-11-13(10-16(18)17-7-8-19-2)15-9-12-5-3-4-6-14(12)20-15/h3-6,9,13H,7-8,10-11H2,1-2H3. The van der Waals surface area contributed by atoms with Gasteiger partial charge in [0, 0.05) is 38.4 Å². The van der Waals surface area contributed by atoms with Crippen molar-refractivity contribution in [3.63, 3.8) is 0 Å². The van der Waals surface area contributed by atoms with Gasteiger partial charge in [-0.15, -0.1) is 0 Å². The Morgan fingerprint density at radius 1 is 1.40 bits per heavy atom. The zero-order chi connectivity index (χ0) is 13.9. The lowest BCUT2D eigenvalue weighted by atomic mass is 10.1. The number of fused-ring (bicyclic) bond motifs is 1. The number of hydrogen-bond acceptors (Lipinski definition) is 3. The minimum atomic E-state index is 0.397. The highest BCUT2D eigenvalue weighted by molar-refractivity contribution is 5.85. The summed E-state index contributed by atoms with van der Waals surface area (Å²) in [6.07, 6.45) is 0.944. The van der Waals surface area contributed by atoms with Gasteiger partial charge in [0.1, 0.15) is 11.3 Å². The second-order valence-corrected chi connectivity index (χ2v) is 5.26. The number of rotatable bonds is 4. The molecule has 4 nitrogen and oxygen atoms in total. The Morgan fingerprint density at radius 2 is 2.25 bits per heavy atom. The first-order valence-electron chi connectivity index (χ1n) is 7.00. The van der Waals surface area contributed by atoms with E-state index < -0.39 is 0 Å². The molecule has 20 heavy (non-hydrogen) atoms. The van der Waals surface area contributed by atoms with E-state index in [1.165, 1.54) is 5.39 Å². The predicted molar refractivity (Wildman–Crippen MR) is 80.4 cm³/mol. The van der Waals surface area contributed by atoms with E-state index in [1.54, 1.807) is 7.11 Å². The van der Waals surface area contributed by atoms with Gasteiger partial charge in [0.15, 0.2) is 0 Å². The van der Waals surface area contributed by atoms with E-state index in [4.69, 9.17) is 9.15 Å². The zero-order valence-corrected chi connectivity index (χ0v) is 12.0. The SMILES string of the molecule is COCCN=C1CC(c2cc3ccccc3o2)CN1C. The molecule has 1 aliphatic heterocycles. The van der Waals surface area contributed by atoms with E-state index in [-0.39, 0.29) is 0 Å². The zero-order valence-electron chi connectivity index (χ0n) is 12.0. The van der Waals surface area contributed by atoms with Crippen molar-refractivity contribution in [1.29, 1.82) is 0 Å². The van der Waals surface area contributed by atoms with Crippen LogP contribution in [0.1, 0.15) is 18.1 Å². The molecule has 1 aromatic heterocycles. The van der Waals surface area contributed by atoms with Crippen LogP contribution >= 0.6 is 0 Å². The van der Waals surface area contributed by atoms with Gasteiger partial charge in [0.05, 0.1) is 19.0 Å². The molecule has 1 aliphatic rings. The highest BCUT2D eigenvalue weighted by Gasteiger charge is 2.28. The van der Waals surface area contributed by atoms with Gasteiger partial charge in [-0.05, 0) is 12.1 Å². The Balaban J connectivity index is 1.77. The van der Waals surface area contributed by atoms with E-state index in [1.807, 2.05) is 18.2 Å². The second kappa shape index (κ2) is 5.67. The van der Waals surface area contributed by atoms with Crippen molar-refractivity contribution in [3.8, 4) is 0 Å². The van der Waals surface area contributed by atoms with Crippen LogP contribution in [0, 0.1) is 0 Å². The Kier molecular flexibility index (Phi) is 3.74. The van der Waals surface area contributed by atoms with Gasteiger partial charge in [-0.2, -0.15) is 0 Å². The van der Waals surface area contributed by atoms with Crippen LogP contribution in [-0.4, -0.2) is 44.6 Å². The van der Waals surface area contributed by atoms with Crippen LogP contribution < -0.4 is 0 Å². The first-order chi connectivity index (χ1) is 9.78. The van der Waals surface area contributed by atoms with Crippen LogP contribution in [0.3, 0.4) is 0 Å². The molecule has 1 atom stereocenters. The molecule has 4 heteroatoms. The molecule has 1 aromatic carbocycles. The van der Waals surface area contributed by atoms with Crippen molar-refractivity contribution in [1.82, 2.24) is 4.90 Å². The van der Waals surface area contributed by atoms with Gasteiger partial charge in [-0.1, -0.05) is 18.2 Å². The molecular weight excluding hydrogens is 252 g/mol. The van der Waals surface area contributed by atoms with Gasteiger partial charge in [0.25, 0.3) is 0 Å². The lowest BCUT2D eigenvalue weighted by molar-refractivity contribution is 0.207. The fraction of sp³-hybridized carbons (Fsp3) is 0.438. The molecule has 1 saturated heterocycles. The number of amidine groups is 1. The maximum Gasteiger partial charge on any atom is 0.134 e. The van der Waals surface area contributed by atoms with Gasteiger partial charge in [-0.3, -0.25) is 4.99 Å². The lowest BCUT2D eigenvalue weighted by Crippen LogP contribution is -2.20. The molecule has 0 amide bonds. The number of hydrogen-bond donors (Lipinski definition) is 0. The minimum Gasteiger partial charge on any atom is -0.461 e. The van der Waals surface area contributed by atoms with E-state index in [2.05, 4.69) is 29.1 Å². The quantitative estimate of drug-likeness (QED) is 0.803. The van der Waals surface area contributed by atoms with Crippen molar-refractivity contribution >= 4 is 16.8 Å². The Bertz CT molecular complexity index is 585. The van der Waals surface area contributed by atoms with Crippen molar-refractivity contribution in [2.45, 2.75) is 12.3 Å². The van der Waals surface area contributed by atoms with E-state index in [9.17, 15) is 0 Å². The highest BCUT2D eigenvalue weighted by Crippen LogP contribution is 2.32. The van der Waals surface area contributed by atoms with E-state index >= 15 is 0 Å². The molecule has 0 bridgehead atoms. The van der Waals surface area contributed by atoms with Gasteiger partial charge >= 0.3 is 0 Å². The van der Waals surface area contributed by atoms with Crippen LogP contribution in [0.25, 0.3) is 11.0 Å². The average molecular weight is 272 g/mol. The second-order valence-electron chi connectivity index (χ2n) is 5.26. The summed E-state index contributed by atoms with van der Waals surface area (Å²) >= 11 is 0. The summed E-state index contributed by atoms with van der Waals surface area (Å²) in [6.45, 7) is 2.36. The summed E-state index contributed by atoms with van der Waals surface area (Å²) in [7, 11) is 3.80. The number of likely N-dealkylation sites (N-methyl/N-ethyl adjacent to an activating group) is 1. The number of nitrogens with zero attached hydrogens (tertiary/aromatic N) is 2. The molecule has 0 saturated carbocycles. The molecule has 0 spiro atoms. The Morgan fingerprint density at radius 3 is 3.05 bits per heavy atom. The summed E-state index contributed by atoms with van der Waals surface area (Å²) in [5.74, 6) is 2.61. The first kappa shape index (κ1) is 13.2. The van der Waals surface area contributed by atoms with E-state index in [0.29, 0.717) is 12.5 Å². The number of likely N-dealkylation sites (tertiary alicyclic amines) is 1. The molecule has 1 fully saturated rings. The molecule has 2 aromatic rings. The average Bonchev–Trinajstić information content (AvgIpc) is 3.03. The van der Waals surface area contributed by atoms with Crippen LogP contribution in [-0.2, 0) is 4.74 Å². The third-order valence-electron chi connectivity index (χ3n) is 3.80. The van der Waals surface area contributed by atoms with Crippen molar-refractivity contribution < 1.29 is 9.15 Å². The first-order valence-corrected chi connectivity index (χ1v) is 7.00. The Labute approximate surface area is 119 Å². The summed E-state index contributed by atoms with van der Waals surface area (Å²) in [5.41, 5.74) is 0.968. The van der Waals surface area contributed by atoms with Crippen LogP contribution in [0.2, 0.25) is 0 Å². The number of methoxy groups -OCH3 is 1. The van der Waals surface area contributed by atoms with Gasteiger partial charge < -0.3 is 14.1 Å². The van der Waals surface area contributed by atoms with Crippen molar-refractivity contribution in [2.24, 2.45) is 4.99 Å². The smallest absolute Gasteiger partial charge is 0.134 e. The molecule has 0 aliphatic carbocycles. The third kappa shape index (κ3) is 2.56. The summed E-state index contributed by atoms with van der Waals surface area (Å²) in [6, 6.07) is 10.3. The maximum atomic E-state index is 5.97. The summed E-state index contributed by atoms with van der Waals surface area (Å²) in [5, 5.41) is 1.18. The number of para-hydroxylation sites is 1. The number of aliphatic imine (C=N–C) groups is 1. The molecule has 3 rings (SSSR count). The van der Waals surface area contributed by atoms with Gasteiger partial charge in [0.2, 0.25) is 0 Å². The third-order valence-corrected chi connectivity index (χ3v) is 3.80. The van der Waals surface area contributed by atoms with Crippen LogP contribution in [0.15, 0.2) is 39.7 Å². The predicted octanol–water partition coefficient (Wildman–Crippen LogP) is 2.90. The molecule has 106 valence electrons. The molecule has 1 unspecified atom stereocenters. The number of benzene rings is 1. The summed E-state index contributed by atoms with van der Waals surface area (Å²) < 4.78 is 11.0. The van der Waals surface area contributed by atoms with Crippen molar-refractivity contribution in [2.75, 3.05) is 33.9 Å². The van der Waals surface area contributed by atoms with Gasteiger partial charge in [-0.25, -0.2) is 0 Å². The lowest BCUT2D eigenvalue weighted by Gasteiger charge is -2.11. The topological polar surface area (TPSA) is 38.0 Å². The monoisotopic (exact) mass is 272 g/mol. The number of ether oxygens (including phenoxy) is 1. The van der Waals surface area contributed by atoms with E-state index in [0.717, 1.165) is 36.7 Å². The normalized spacial score (nSPS) is 21.2. The van der Waals surface area contributed by atoms with Crippen LogP contribution in [0.5, 0.6) is 0 Å². The highest BCUT2D eigenvalue weighted by atomic mass is 16.5. The maximum absolute atomic E-state index is 5.97.